The van der Waals surface area contributed by atoms with Crippen LogP contribution in [0.5, 0.6) is 0 Å². The molecule has 5 nitrogen and oxygen atoms in total. The number of nitrogens with one attached hydrogen (secondary N) is 1. The van der Waals surface area contributed by atoms with E-state index >= 15 is 0 Å². The van der Waals surface area contributed by atoms with Crippen LogP contribution in [0.15, 0.2) is 40.9 Å². The lowest BCUT2D eigenvalue weighted by Crippen LogP contribution is -2.45. The third kappa shape index (κ3) is 3.76. The Kier molecular flexibility index (Phi) is 4.57. The van der Waals surface area contributed by atoms with E-state index in [0.717, 1.165) is 44.5 Å². The molecule has 4 rings (SSSR count). The van der Waals surface area contributed by atoms with Gasteiger partial charge in [0.05, 0.1) is 0 Å². The zero-order valence-electron chi connectivity index (χ0n) is 14.6. The smallest absolute Gasteiger partial charge is 0.273 e. The molecule has 1 saturated heterocycles. The average molecular weight is 339 g/mol. The van der Waals surface area contributed by atoms with Gasteiger partial charge in [0.1, 0.15) is 5.76 Å². The zero-order valence-corrected chi connectivity index (χ0v) is 14.6. The summed E-state index contributed by atoms with van der Waals surface area (Å²) in [4.78, 5) is 14.8. The highest BCUT2D eigenvalue weighted by Gasteiger charge is 2.30. The number of hydrogen-bond acceptors (Lipinski definition) is 4. The minimum atomic E-state index is -0.106. The first kappa shape index (κ1) is 16.3. The van der Waals surface area contributed by atoms with Crippen LogP contribution in [-0.2, 0) is 0 Å². The second kappa shape index (κ2) is 7.00. The maximum atomic E-state index is 12.4. The van der Waals surface area contributed by atoms with Gasteiger partial charge < -0.3 is 9.84 Å². The molecular formula is C20H25N3O2. The summed E-state index contributed by atoms with van der Waals surface area (Å²) in [6.45, 7) is 4.24. The summed E-state index contributed by atoms with van der Waals surface area (Å²) < 4.78 is 5.28. The molecule has 0 radical (unpaired) electrons. The average Bonchev–Trinajstić information content (AvgIpc) is 3.39. The highest BCUT2D eigenvalue weighted by molar-refractivity contribution is 5.92. The van der Waals surface area contributed by atoms with Crippen LogP contribution in [0, 0.1) is 0 Å². The zero-order chi connectivity index (χ0) is 17.2. The number of rotatable bonds is 5. The Labute approximate surface area is 148 Å². The van der Waals surface area contributed by atoms with E-state index in [1.165, 1.54) is 5.56 Å². The van der Waals surface area contributed by atoms with Crippen LogP contribution in [0.1, 0.15) is 66.4 Å². The van der Waals surface area contributed by atoms with E-state index in [1.54, 1.807) is 6.07 Å². The van der Waals surface area contributed by atoms with Gasteiger partial charge in [-0.25, -0.2) is 0 Å². The molecule has 1 aliphatic carbocycles. The quantitative estimate of drug-likeness (QED) is 0.906. The maximum Gasteiger partial charge on any atom is 0.273 e. The standard InChI is InChI=1S/C20H25N3O2/c1-14(15-5-3-2-4-6-15)23-11-9-17(10-12-23)21-20(24)18-13-19(25-22-18)16-7-8-16/h2-6,13-14,16-17H,7-12H2,1H3,(H,21,24)/t14-/m1/s1. The van der Waals surface area contributed by atoms with Crippen molar-refractivity contribution in [2.24, 2.45) is 0 Å². The molecule has 2 heterocycles. The Morgan fingerprint density at radius 1 is 1.20 bits per heavy atom. The van der Waals surface area contributed by atoms with Crippen LogP contribution >= 0.6 is 0 Å². The summed E-state index contributed by atoms with van der Waals surface area (Å²) in [5.41, 5.74) is 1.77. The molecule has 0 unspecified atom stereocenters. The van der Waals surface area contributed by atoms with Gasteiger partial charge in [0.15, 0.2) is 5.69 Å². The number of carbonyl (C=O) groups excluding carboxylic acids is 1. The number of benzene rings is 1. The van der Waals surface area contributed by atoms with E-state index in [1.807, 2.05) is 0 Å². The Morgan fingerprint density at radius 3 is 2.60 bits per heavy atom. The SMILES string of the molecule is C[C@H](c1ccccc1)N1CCC(NC(=O)c2cc(C3CC3)on2)CC1. The number of amides is 1. The lowest BCUT2D eigenvalue weighted by Gasteiger charge is -2.36. The van der Waals surface area contributed by atoms with Crippen molar-refractivity contribution in [3.8, 4) is 0 Å². The van der Waals surface area contributed by atoms with Gasteiger partial charge in [0.25, 0.3) is 5.91 Å². The molecule has 1 amide bonds. The molecule has 2 aromatic rings. The van der Waals surface area contributed by atoms with Crippen molar-refractivity contribution in [2.75, 3.05) is 13.1 Å². The van der Waals surface area contributed by atoms with Crippen LogP contribution in [0.2, 0.25) is 0 Å². The number of likely N-dealkylation sites (tertiary alicyclic amines) is 1. The first-order chi connectivity index (χ1) is 12.2. The van der Waals surface area contributed by atoms with Crippen molar-refractivity contribution < 1.29 is 9.32 Å². The molecule has 1 aromatic heterocycles. The van der Waals surface area contributed by atoms with E-state index in [9.17, 15) is 4.79 Å². The predicted octanol–water partition coefficient (Wildman–Crippen LogP) is 3.51. The van der Waals surface area contributed by atoms with Crippen molar-refractivity contribution in [1.29, 1.82) is 0 Å². The maximum absolute atomic E-state index is 12.4. The molecular weight excluding hydrogens is 314 g/mol. The Hall–Kier alpha value is -2.14. The second-order valence-electron chi connectivity index (χ2n) is 7.26. The van der Waals surface area contributed by atoms with Crippen LogP contribution in [0.4, 0.5) is 0 Å². The molecule has 0 bridgehead atoms. The number of piperidine rings is 1. The van der Waals surface area contributed by atoms with Crippen molar-refractivity contribution >= 4 is 5.91 Å². The minimum absolute atomic E-state index is 0.106. The second-order valence-corrected chi connectivity index (χ2v) is 7.26. The van der Waals surface area contributed by atoms with Crippen LogP contribution in [0.3, 0.4) is 0 Å². The first-order valence-electron chi connectivity index (χ1n) is 9.27. The Morgan fingerprint density at radius 2 is 1.92 bits per heavy atom. The normalized spacial score (nSPS) is 20.4. The van der Waals surface area contributed by atoms with E-state index in [-0.39, 0.29) is 11.9 Å². The number of carbonyl (C=O) groups is 1. The summed E-state index contributed by atoms with van der Waals surface area (Å²) in [6, 6.07) is 13.0. The molecule has 1 atom stereocenters. The monoisotopic (exact) mass is 339 g/mol. The van der Waals surface area contributed by atoms with Gasteiger partial charge in [-0.2, -0.15) is 0 Å². The predicted molar refractivity (Wildman–Crippen MR) is 95.4 cm³/mol. The number of aromatic nitrogens is 1. The van der Waals surface area contributed by atoms with Gasteiger partial charge in [-0.1, -0.05) is 35.5 Å². The molecule has 25 heavy (non-hydrogen) atoms. The summed E-state index contributed by atoms with van der Waals surface area (Å²) >= 11 is 0. The third-order valence-electron chi connectivity index (χ3n) is 5.44. The summed E-state index contributed by atoms with van der Waals surface area (Å²) in [5, 5.41) is 7.05. The molecule has 1 aromatic carbocycles. The van der Waals surface area contributed by atoms with E-state index in [4.69, 9.17) is 4.52 Å². The molecule has 1 N–H and O–H groups in total. The van der Waals surface area contributed by atoms with Crippen molar-refractivity contribution in [3.05, 3.63) is 53.4 Å². The molecule has 1 saturated carbocycles. The van der Waals surface area contributed by atoms with Crippen LogP contribution in [0.25, 0.3) is 0 Å². The molecule has 132 valence electrons. The topological polar surface area (TPSA) is 58.4 Å². The first-order valence-corrected chi connectivity index (χ1v) is 9.27. The van der Waals surface area contributed by atoms with Gasteiger partial charge in [-0.05, 0) is 38.2 Å². The van der Waals surface area contributed by atoms with Crippen molar-refractivity contribution in [3.63, 3.8) is 0 Å². The third-order valence-corrected chi connectivity index (χ3v) is 5.44. The van der Waals surface area contributed by atoms with Gasteiger partial charge in [-0.15, -0.1) is 0 Å². The molecule has 2 fully saturated rings. The Bertz CT molecular complexity index is 716. The van der Waals surface area contributed by atoms with E-state index in [2.05, 4.69) is 52.6 Å². The fraction of sp³-hybridized carbons (Fsp3) is 0.500. The molecule has 5 heteroatoms. The molecule has 2 aliphatic rings. The van der Waals surface area contributed by atoms with Crippen molar-refractivity contribution in [2.45, 2.75) is 50.6 Å². The van der Waals surface area contributed by atoms with E-state index < -0.39 is 0 Å². The lowest BCUT2D eigenvalue weighted by molar-refractivity contribution is 0.0887. The fourth-order valence-corrected chi connectivity index (χ4v) is 3.59. The summed E-state index contributed by atoms with van der Waals surface area (Å²) in [6.07, 6.45) is 4.23. The van der Waals surface area contributed by atoms with Gasteiger partial charge in [0.2, 0.25) is 0 Å². The largest absolute Gasteiger partial charge is 0.360 e. The van der Waals surface area contributed by atoms with Crippen LogP contribution < -0.4 is 5.32 Å². The fourth-order valence-electron chi connectivity index (χ4n) is 3.59. The van der Waals surface area contributed by atoms with Gasteiger partial charge in [0, 0.05) is 37.2 Å². The molecule has 1 aliphatic heterocycles. The van der Waals surface area contributed by atoms with Gasteiger partial charge >= 0.3 is 0 Å². The number of hydrogen-bond donors (Lipinski definition) is 1. The van der Waals surface area contributed by atoms with E-state index in [0.29, 0.717) is 17.7 Å². The lowest BCUT2D eigenvalue weighted by atomic mass is 10.00. The van der Waals surface area contributed by atoms with Crippen LogP contribution in [-0.4, -0.2) is 35.1 Å². The highest BCUT2D eigenvalue weighted by Crippen LogP contribution is 2.40. The minimum Gasteiger partial charge on any atom is -0.360 e. The number of nitrogens with zero attached hydrogens (tertiary/aromatic N) is 2. The summed E-state index contributed by atoms with van der Waals surface area (Å²) in [5.74, 6) is 1.23. The Balaban J connectivity index is 1.28. The van der Waals surface area contributed by atoms with Gasteiger partial charge in [-0.3, -0.25) is 9.69 Å². The summed E-state index contributed by atoms with van der Waals surface area (Å²) in [7, 11) is 0. The highest BCUT2D eigenvalue weighted by atomic mass is 16.5. The molecule has 0 spiro atoms. The van der Waals surface area contributed by atoms with Crippen molar-refractivity contribution in [1.82, 2.24) is 15.4 Å².